The van der Waals surface area contributed by atoms with Crippen LogP contribution in [0.5, 0.6) is 0 Å². The normalized spacial score (nSPS) is 39.7. The minimum Gasteiger partial charge on any atom is -0.396 e. The lowest BCUT2D eigenvalue weighted by molar-refractivity contribution is -0.133. The van der Waals surface area contributed by atoms with Gasteiger partial charge in [-0.2, -0.15) is 0 Å². The first kappa shape index (κ1) is 17.6. The Morgan fingerprint density at radius 3 is 2.50 bits per heavy atom. The summed E-state index contributed by atoms with van der Waals surface area (Å²) in [5, 5.41) is 20.4. The maximum Gasteiger partial charge on any atom is 0.185 e. The van der Waals surface area contributed by atoms with Gasteiger partial charge in [-0.15, -0.1) is 0 Å². The van der Waals surface area contributed by atoms with Crippen LogP contribution < -0.4 is 0 Å². The van der Waals surface area contributed by atoms with Crippen molar-refractivity contribution in [3.8, 4) is 0 Å². The van der Waals surface area contributed by atoms with Gasteiger partial charge in [0.15, 0.2) is 11.6 Å². The lowest BCUT2D eigenvalue weighted by Crippen LogP contribution is -2.56. The molecule has 1 fully saturated rings. The molecule has 0 bridgehead atoms. The molecule has 0 aromatic carbocycles. The fourth-order valence-electron chi connectivity index (χ4n) is 5.36. The zero-order chi connectivity index (χ0) is 17.9. The van der Waals surface area contributed by atoms with Gasteiger partial charge in [0.1, 0.15) is 0 Å². The van der Waals surface area contributed by atoms with Gasteiger partial charge in [0.25, 0.3) is 0 Å². The Balaban J connectivity index is 2.11. The minimum absolute atomic E-state index is 0.00301. The van der Waals surface area contributed by atoms with Crippen molar-refractivity contribution >= 4 is 11.6 Å². The smallest absolute Gasteiger partial charge is 0.185 e. The Bertz CT molecular complexity index is 657. The molecule has 4 nitrogen and oxygen atoms in total. The highest BCUT2D eigenvalue weighted by molar-refractivity contribution is 6.23. The van der Waals surface area contributed by atoms with Gasteiger partial charge < -0.3 is 10.2 Å². The molecule has 2 N–H and O–H groups in total. The molecule has 132 valence electrons. The molecule has 0 heterocycles. The van der Waals surface area contributed by atoms with Crippen LogP contribution in [0.25, 0.3) is 0 Å². The van der Waals surface area contributed by atoms with Crippen LogP contribution in [-0.4, -0.2) is 34.5 Å². The first-order valence-electron chi connectivity index (χ1n) is 9.00. The van der Waals surface area contributed by atoms with Gasteiger partial charge in [0, 0.05) is 27.5 Å². The van der Waals surface area contributed by atoms with E-state index in [1.54, 1.807) is 0 Å². The van der Waals surface area contributed by atoms with Crippen LogP contribution in [0.15, 0.2) is 22.8 Å². The molecule has 0 spiro atoms. The molecule has 3 rings (SSSR count). The van der Waals surface area contributed by atoms with Gasteiger partial charge in [-0.3, -0.25) is 9.59 Å². The Morgan fingerprint density at radius 1 is 1.25 bits per heavy atom. The van der Waals surface area contributed by atoms with Crippen molar-refractivity contribution in [1.82, 2.24) is 0 Å². The summed E-state index contributed by atoms with van der Waals surface area (Å²) in [6.45, 7) is 7.73. The summed E-state index contributed by atoms with van der Waals surface area (Å²) in [5.74, 6) is 0.0217. The van der Waals surface area contributed by atoms with E-state index in [-0.39, 0.29) is 30.0 Å². The highest BCUT2D eigenvalue weighted by Gasteiger charge is 2.58. The van der Waals surface area contributed by atoms with E-state index in [4.69, 9.17) is 0 Å². The third kappa shape index (κ3) is 2.19. The van der Waals surface area contributed by atoms with Gasteiger partial charge in [-0.1, -0.05) is 27.7 Å². The monoisotopic (exact) mass is 332 g/mol. The largest absolute Gasteiger partial charge is 0.396 e. The average molecular weight is 332 g/mol. The van der Waals surface area contributed by atoms with E-state index in [1.807, 2.05) is 27.7 Å². The Kier molecular flexibility index (Phi) is 4.12. The highest BCUT2D eigenvalue weighted by atomic mass is 16.3. The second-order valence-electron chi connectivity index (χ2n) is 8.53. The van der Waals surface area contributed by atoms with Crippen LogP contribution in [0.4, 0.5) is 0 Å². The number of Topliss-reactive ketones (excluding diaryl/α,β-unsaturated/α-hetero) is 1. The van der Waals surface area contributed by atoms with Crippen molar-refractivity contribution in [2.75, 3.05) is 6.61 Å². The van der Waals surface area contributed by atoms with E-state index < -0.39 is 16.9 Å². The quantitative estimate of drug-likeness (QED) is 0.762. The second-order valence-corrected chi connectivity index (χ2v) is 8.53. The number of ketones is 2. The Labute approximate surface area is 143 Å². The highest BCUT2D eigenvalue weighted by Crippen LogP contribution is 2.60. The summed E-state index contributed by atoms with van der Waals surface area (Å²) in [6, 6.07) is 0. The summed E-state index contributed by atoms with van der Waals surface area (Å²) in [4.78, 5) is 25.8. The van der Waals surface area contributed by atoms with Crippen molar-refractivity contribution < 1.29 is 19.8 Å². The van der Waals surface area contributed by atoms with Crippen LogP contribution in [0, 0.1) is 22.7 Å². The topological polar surface area (TPSA) is 74.6 Å². The van der Waals surface area contributed by atoms with Crippen molar-refractivity contribution in [2.45, 2.75) is 59.5 Å². The summed E-state index contributed by atoms with van der Waals surface area (Å²) in [6.07, 6.45) is 3.47. The molecule has 0 aliphatic heterocycles. The molecule has 0 aromatic rings. The van der Waals surface area contributed by atoms with E-state index in [0.29, 0.717) is 36.0 Å². The van der Waals surface area contributed by atoms with Crippen molar-refractivity contribution in [3.63, 3.8) is 0 Å². The van der Waals surface area contributed by atoms with Crippen LogP contribution >= 0.6 is 0 Å². The molecule has 24 heavy (non-hydrogen) atoms. The van der Waals surface area contributed by atoms with Crippen molar-refractivity contribution in [2.24, 2.45) is 22.7 Å². The molecular weight excluding hydrogens is 304 g/mol. The second kappa shape index (κ2) is 5.63. The molecule has 0 unspecified atom stereocenters. The summed E-state index contributed by atoms with van der Waals surface area (Å²) in [5.41, 5.74) is 0.871. The molecule has 3 aliphatic carbocycles. The SMILES string of the molecule is CC(C)C1=CC(=O)C2=C(CC[C@H]3[C@](C)(CO)[C@@H](O)CC[C@]23C)C1=O. The van der Waals surface area contributed by atoms with Crippen LogP contribution in [0.2, 0.25) is 0 Å². The molecule has 0 saturated heterocycles. The number of hydrogen-bond donors (Lipinski definition) is 2. The van der Waals surface area contributed by atoms with Gasteiger partial charge in [0.2, 0.25) is 0 Å². The number of carbonyl (C=O) groups is 2. The van der Waals surface area contributed by atoms with Crippen molar-refractivity contribution in [1.29, 1.82) is 0 Å². The van der Waals surface area contributed by atoms with Gasteiger partial charge in [0.05, 0.1) is 12.7 Å². The van der Waals surface area contributed by atoms with Gasteiger partial charge >= 0.3 is 0 Å². The number of carbonyl (C=O) groups excluding carboxylic acids is 2. The van der Waals surface area contributed by atoms with Crippen LogP contribution in [-0.2, 0) is 9.59 Å². The molecular formula is C20H28O4. The lowest BCUT2D eigenvalue weighted by atomic mass is 9.47. The predicted molar refractivity (Wildman–Crippen MR) is 91.2 cm³/mol. The zero-order valence-corrected chi connectivity index (χ0v) is 15.1. The molecule has 0 aromatic heterocycles. The number of hydrogen-bond acceptors (Lipinski definition) is 4. The van der Waals surface area contributed by atoms with Crippen LogP contribution in [0.3, 0.4) is 0 Å². The number of aliphatic hydroxyl groups excluding tert-OH is 2. The molecule has 4 heteroatoms. The van der Waals surface area contributed by atoms with E-state index >= 15 is 0 Å². The maximum absolute atomic E-state index is 12.9. The average Bonchev–Trinajstić information content (AvgIpc) is 2.53. The summed E-state index contributed by atoms with van der Waals surface area (Å²) < 4.78 is 0. The number of fused-ring (bicyclic) bond motifs is 2. The zero-order valence-electron chi connectivity index (χ0n) is 15.1. The number of allylic oxidation sites excluding steroid dienone is 4. The third-order valence-electron chi connectivity index (χ3n) is 6.85. The van der Waals surface area contributed by atoms with E-state index in [2.05, 4.69) is 0 Å². The lowest BCUT2D eigenvalue weighted by Gasteiger charge is -2.57. The fourth-order valence-corrected chi connectivity index (χ4v) is 5.36. The van der Waals surface area contributed by atoms with E-state index in [0.717, 1.165) is 6.42 Å². The first-order valence-corrected chi connectivity index (χ1v) is 9.00. The molecule has 0 amide bonds. The number of aliphatic hydroxyl groups is 2. The van der Waals surface area contributed by atoms with Gasteiger partial charge in [-0.25, -0.2) is 0 Å². The molecule has 1 saturated carbocycles. The first-order chi connectivity index (χ1) is 11.2. The summed E-state index contributed by atoms with van der Waals surface area (Å²) >= 11 is 0. The van der Waals surface area contributed by atoms with E-state index in [1.165, 1.54) is 6.08 Å². The summed E-state index contributed by atoms with van der Waals surface area (Å²) in [7, 11) is 0. The van der Waals surface area contributed by atoms with E-state index in [9.17, 15) is 19.8 Å². The van der Waals surface area contributed by atoms with Crippen molar-refractivity contribution in [3.05, 3.63) is 22.8 Å². The van der Waals surface area contributed by atoms with Crippen LogP contribution in [0.1, 0.15) is 53.4 Å². The maximum atomic E-state index is 12.9. The number of rotatable bonds is 2. The molecule has 4 atom stereocenters. The third-order valence-corrected chi connectivity index (χ3v) is 6.85. The Morgan fingerprint density at radius 2 is 1.92 bits per heavy atom. The Hall–Kier alpha value is -1.26. The fraction of sp³-hybridized carbons (Fsp3) is 0.700. The van der Waals surface area contributed by atoms with Gasteiger partial charge in [-0.05, 0) is 43.6 Å². The standard InChI is InChI=1S/C20H28O4/c1-11(2)13-9-14(22)17-12(18(13)24)5-6-15-19(17,3)8-7-16(23)20(15,4)10-21/h9,11,15-16,21,23H,5-8,10H2,1-4H3/t15-,16+,19+,20+/m1/s1. The molecule has 3 aliphatic rings. The molecule has 0 radical (unpaired) electrons. The predicted octanol–water partition coefficient (Wildman–Crippen LogP) is 2.59. The minimum atomic E-state index is -0.628.